The highest BCUT2D eigenvalue weighted by Crippen LogP contribution is 2.64. The second-order valence-electron chi connectivity index (χ2n) is 7.36. The lowest BCUT2D eigenvalue weighted by Gasteiger charge is -2.52. The number of thioether (sulfide) groups is 2. The number of amides is 1. The molecule has 3 fully saturated rings. The first-order valence-electron chi connectivity index (χ1n) is 8.93. The number of hydrogen-bond donors (Lipinski definition) is 1. The first-order chi connectivity index (χ1) is 11.6. The van der Waals surface area contributed by atoms with Crippen molar-refractivity contribution in [1.82, 2.24) is 0 Å². The Morgan fingerprint density at radius 1 is 1.21 bits per heavy atom. The molecule has 1 heterocycles. The predicted molar refractivity (Wildman–Crippen MR) is 101 cm³/mol. The SMILES string of the molecule is Cc1ccc(NC(=O)C2CC3CCCC(C2)C32SCCS2)cc1F. The summed E-state index contributed by atoms with van der Waals surface area (Å²) in [4.78, 5) is 12.8. The molecular formula is C19H24FNOS2. The van der Waals surface area contributed by atoms with Gasteiger partial charge in [-0.1, -0.05) is 12.5 Å². The fraction of sp³-hybridized carbons (Fsp3) is 0.632. The lowest BCUT2D eigenvalue weighted by molar-refractivity contribution is -0.122. The highest BCUT2D eigenvalue weighted by molar-refractivity contribution is 8.21. The van der Waals surface area contributed by atoms with Crippen LogP contribution in [0.25, 0.3) is 0 Å². The fourth-order valence-electron chi connectivity index (χ4n) is 4.74. The number of aryl methyl sites for hydroxylation is 1. The number of nitrogens with one attached hydrogen (secondary N) is 1. The van der Waals surface area contributed by atoms with Gasteiger partial charge in [0.25, 0.3) is 0 Å². The molecule has 1 aromatic carbocycles. The van der Waals surface area contributed by atoms with E-state index in [-0.39, 0.29) is 17.6 Å². The third kappa shape index (κ3) is 2.88. The largest absolute Gasteiger partial charge is 0.326 e. The maximum Gasteiger partial charge on any atom is 0.227 e. The summed E-state index contributed by atoms with van der Waals surface area (Å²) in [6.45, 7) is 1.74. The Labute approximate surface area is 151 Å². The van der Waals surface area contributed by atoms with Crippen molar-refractivity contribution in [2.75, 3.05) is 16.8 Å². The average Bonchev–Trinajstić information content (AvgIpc) is 3.00. The van der Waals surface area contributed by atoms with E-state index in [0.29, 0.717) is 27.2 Å². The molecule has 2 bridgehead atoms. The van der Waals surface area contributed by atoms with E-state index in [1.165, 1.54) is 36.8 Å². The second-order valence-corrected chi connectivity index (χ2v) is 10.4. The van der Waals surface area contributed by atoms with Crippen LogP contribution in [0.4, 0.5) is 10.1 Å². The summed E-state index contributed by atoms with van der Waals surface area (Å²) < 4.78 is 14.1. The van der Waals surface area contributed by atoms with Crippen LogP contribution in [0.1, 0.15) is 37.7 Å². The number of benzene rings is 1. The highest BCUT2D eigenvalue weighted by Gasteiger charge is 2.55. The van der Waals surface area contributed by atoms with E-state index in [4.69, 9.17) is 0 Å². The minimum Gasteiger partial charge on any atom is -0.326 e. The van der Waals surface area contributed by atoms with E-state index in [9.17, 15) is 9.18 Å². The van der Waals surface area contributed by atoms with Crippen molar-refractivity contribution in [2.24, 2.45) is 17.8 Å². The molecule has 5 heteroatoms. The van der Waals surface area contributed by atoms with E-state index in [1.54, 1.807) is 19.1 Å². The van der Waals surface area contributed by atoms with Gasteiger partial charge in [0.05, 0.1) is 4.08 Å². The summed E-state index contributed by atoms with van der Waals surface area (Å²) in [5.41, 5.74) is 1.19. The van der Waals surface area contributed by atoms with Gasteiger partial charge in [-0.05, 0) is 62.1 Å². The smallest absolute Gasteiger partial charge is 0.227 e. The Bertz CT molecular complexity index is 628. The molecule has 2 nitrogen and oxygen atoms in total. The summed E-state index contributed by atoms with van der Waals surface area (Å²) in [5, 5.41) is 2.96. The molecule has 1 saturated heterocycles. The molecule has 3 aliphatic rings. The Morgan fingerprint density at radius 2 is 1.88 bits per heavy atom. The number of carbonyl (C=O) groups excluding carboxylic acids is 1. The van der Waals surface area contributed by atoms with Gasteiger partial charge in [0.2, 0.25) is 5.91 Å². The first kappa shape index (κ1) is 16.8. The van der Waals surface area contributed by atoms with E-state index in [1.807, 2.05) is 0 Å². The van der Waals surface area contributed by atoms with Gasteiger partial charge in [-0.2, -0.15) is 0 Å². The summed E-state index contributed by atoms with van der Waals surface area (Å²) in [7, 11) is 0. The van der Waals surface area contributed by atoms with E-state index in [2.05, 4.69) is 28.8 Å². The lowest BCUT2D eigenvalue weighted by Crippen LogP contribution is -2.48. The molecule has 2 aliphatic carbocycles. The van der Waals surface area contributed by atoms with Gasteiger partial charge in [0.1, 0.15) is 5.82 Å². The molecule has 1 aromatic rings. The van der Waals surface area contributed by atoms with Gasteiger partial charge < -0.3 is 5.32 Å². The molecule has 1 N–H and O–H groups in total. The van der Waals surface area contributed by atoms with Gasteiger partial charge in [0.15, 0.2) is 0 Å². The van der Waals surface area contributed by atoms with Gasteiger partial charge in [-0.25, -0.2) is 4.39 Å². The maximum atomic E-state index is 13.7. The van der Waals surface area contributed by atoms with Crippen LogP contribution < -0.4 is 5.32 Å². The molecule has 130 valence electrons. The van der Waals surface area contributed by atoms with Crippen LogP contribution in [0.15, 0.2) is 18.2 Å². The fourth-order valence-corrected chi connectivity index (χ4v) is 8.68. The lowest BCUT2D eigenvalue weighted by atomic mass is 9.67. The van der Waals surface area contributed by atoms with Crippen LogP contribution in [0.5, 0.6) is 0 Å². The molecule has 1 aliphatic heterocycles. The standard InChI is InChI=1S/C19H24FNOS2/c1-12-5-6-16(11-17(12)20)21-18(22)13-9-14-3-2-4-15(10-13)19(14)23-7-8-24-19/h5-6,11,13-15H,2-4,7-10H2,1H3,(H,21,22). The molecule has 0 radical (unpaired) electrons. The van der Waals surface area contributed by atoms with Crippen molar-refractivity contribution in [1.29, 1.82) is 0 Å². The Kier molecular flexibility index (Phi) is 4.59. The Morgan fingerprint density at radius 3 is 2.50 bits per heavy atom. The number of hydrogen-bond acceptors (Lipinski definition) is 3. The van der Waals surface area contributed by atoms with E-state index in [0.717, 1.165) is 12.8 Å². The summed E-state index contributed by atoms with van der Waals surface area (Å²) in [6.07, 6.45) is 5.84. The number of halogens is 1. The zero-order valence-corrected chi connectivity index (χ0v) is 15.6. The predicted octanol–water partition coefficient (Wildman–Crippen LogP) is 5.08. The molecular weight excluding hydrogens is 341 g/mol. The van der Waals surface area contributed by atoms with Crippen LogP contribution in [0, 0.1) is 30.5 Å². The van der Waals surface area contributed by atoms with E-state index < -0.39 is 0 Å². The summed E-state index contributed by atoms with van der Waals surface area (Å²) >= 11 is 4.32. The Balaban J connectivity index is 1.47. The second kappa shape index (κ2) is 6.56. The monoisotopic (exact) mass is 365 g/mol. The minimum absolute atomic E-state index is 0.0806. The third-order valence-corrected chi connectivity index (χ3v) is 9.95. The van der Waals surface area contributed by atoms with Crippen LogP contribution in [-0.4, -0.2) is 21.5 Å². The van der Waals surface area contributed by atoms with Crippen molar-refractivity contribution in [3.8, 4) is 0 Å². The van der Waals surface area contributed by atoms with Gasteiger partial charge in [-0.15, -0.1) is 23.5 Å². The molecule has 4 rings (SSSR count). The van der Waals surface area contributed by atoms with Crippen molar-refractivity contribution >= 4 is 35.1 Å². The van der Waals surface area contributed by atoms with Gasteiger partial charge in [-0.3, -0.25) is 4.79 Å². The van der Waals surface area contributed by atoms with Crippen LogP contribution in [-0.2, 0) is 4.79 Å². The molecule has 0 aromatic heterocycles. The highest BCUT2D eigenvalue weighted by atomic mass is 32.2. The quantitative estimate of drug-likeness (QED) is 0.793. The molecule has 2 unspecified atom stereocenters. The van der Waals surface area contributed by atoms with Crippen molar-refractivity contribution in [3.63, 3.8) is 0 Å². The number of carbonyl (C=O) groups is 1. The maximum absolute atomic E-state index is 13.7. The zero-order chi connectivity index (χ0) is 16.7. The number of rotatable bonds is 2. The van der Waals surface area contributed by atoms with Crippen molar-refractivity contribution in [3.05, 3.63) is 29.6 Å². The summed E-state index contributed by atoms with van der Waals surface area (Å²) in [6, 6.07) is 4.95. The van der Waals surface area contributed by atoms with E-state index >= 15 is 0 Å². The minimum atomic E-state index is -0.258. The van der Waals surface area contributed by atoms with Crippen LogP contribution in [0.3, 0.4) is 0 Å². The zero-order valence-electron chi connectivity index (χ0n) is 14.0. The normalized spacial score (nSPS) is 31.2. The van der Waals surface area contributed by atoms with Crippen molar-refractivity contribution < 1.29 is 9.18 Å². The van der Waals surface area contributed by atoms with Crippen LogP contribution in [0.2, 0.25) is 0 Å². The molecule has 1 spiro atoms. The molecule has 2 saturated carbocycles. The van der Waals surface area contributed by atoms with Gasteiger partial charge >= 0.3 is 0 Å². The molecule has 24 heavy (non-hydrogen) atoms. The molecule has 2 atom stereocenters. The topological polar surface area (TPSA) is 29.1 Å². The summed E-state index contributed by atoms with van der Waals surface area (Å²) in [5.74, 6) is 3.75. The van der Waals surface area contributed by atoms with Crippen LogP contribution >= 0.6 is 23.5 Å². The third-order valence-electron chi connectivity index (χ3n) is 5.93. The first-order valence-corrected chi connectivity index (χ1v) is 10.9. The Hall–Kier alpha value is -0.680. The number of anilines is 1. The average molecular weight is 366 g/mol. The van der Waals surface area contributed by atoms with Crippen molar-refractivity contribution in [2.45, 2.75) is 43.1 Å². The van der Waals surface area contributed by atoms with Gasteiger partial charge in [0, 0.05) is 23.1 Å². The molecule has 1 amide bonds.